The number of aliphatic imine (C=N–C) groups is 1. The van der Waals surface area contributed by atoms with Gasteiger partial charge in [0.25, 0.3) is 0 Å². The van der Waals surface area contributed by atoms with Crippen LogP contribution in [0.2, 0.25) is 0 Å². The van der Waals surface area contributed by atoms with E-state index in [-0.39, 0.29) is 5.60 Å². The van der Waals surface area contributed by atoms with Crippen molar-refractivity contribution in [3.63, 3.8) is 0 Å². The Bertz CT molecular complexity index is 448. The number of hydrogen-bond acceptors (Lipinski definition) is 3. The number of ether oxygens (including phenoxy) is 1. The largest absolute Gasteiger partial charge is 0.373 e. The molecule has 2 heterocycles. The molecular formula is C14H25N5O. The van der Waals surface area contributed by atoms with Crippen molar-refractivity contribution in [2.45, 2.75) is 38.8 Å². The molecule has 6 nitrogen and oxygen atoms in total. The molecule has 1 saturated heterocycles. The third-order valence-electron chi connectivity index (χ3n) is 3.55. The molecule has 2 N–H and O–H groups in total. The Kier molecular flexibility index (Phi) is 5.00. The van der Waals surface area contributed by atoms with Crippen molar-refractivity contribution in [3.8, 4) is 0 Å². The monoisotopic (exact) mass is 279 g/mol. The van der Waals surface area contributed by atoms with Gasteiger partial charge in [-0.05, 0) is 32.3 Å². The van der Waals surface area contributed by atoms with Crippen LogP contribution in [0.25, 0.3) is 0 Å². The Morgan fingerprint density at radius 1 is 1.55 bits per heavy atom. The van der Waals surface area contributed by atoms with Gasteiger partial charge >= 0.3 is 0 Å². The highest BCUT2D eigenvalue weighted by atomic mass is 16.5. The van der Waals surface area contributed by atoms with Crippen molar-refractivity contribution in [2.24, 2.45) is 4.99 Å². The first-order valence-corrected chi connectivity index (χ1v) is 7.19. The Hall–Kier alpha value is -1.56. The third kappa shape index (κ3) is 4.23. The van der Waals surface area contributed by atoms with Gasteiger partial charge in [-0.1, -0.05) is 0 Å². The lowest BCUT2D eigenvalue weighted by Crippen LogP contribution is -2.46. The number of hydrogen-bond donors (Lipinski definition) is 2. The van der Waals surface area contributed by atoms with Crippen LogP contribution >= 0.6 is 0 Å². The lowest BCUT2D eigenvalue weighted by molar-refractivity contribution is 0.0243. The van der Waals surface area contributed by atoms with Crippen molar-refractivity contribution in [1.29, 1.82) is 0 Å². The van der Waals surface area contributed by atoms with Gasteiger partial charge in [0.1, 0.15) is 0 Å². The van der Waals surface area contributed by atoms with Crippen LogP contribution in [0.15, 0.2) is 17.4 Å². The number of rotatable bonds is 5. The first kappa shape index (κ1) is 14.8. The van der Waals surface area contributed by atoms with E-state index < -0.39 is 0 Å². The molecule has 112 valence electrons. The van der Waals surface area contributed by atoms with Gasteiger partial charge in [-0.2, -0.15) is 5.10 Å². The molecule has 1 atom stereocenters. The van der Waals surface area contributed by atoms with Gasteiger partial charge in [0.2, 0.25) is 0 Å². The maximum Gasteiger partial charge on any atom is 0.191 e. The van der Waals surface area contributed by atoms with E-state index in [1.54, 1.807) is 7.05 Å². The van der Waals surface area contributed by atoms with E-state index in [1.165, 1.54) is 5.56 Å². The number of nitrogens with one attached hydrogen (secondary N) is 2. The van der Waals surface area contributed by atoms with Gasteiger partial charge in [-0.15, -0.1) is 0 Å². The van der Waals surface area contributed by atoms with Gasteiger partial charge in [-0.3, -0.25) is 9.67 Å². The lowest BCUT2D eigenvalue weighted by Gasteiger charge is -2.24. The predicted molar refractivity (Wildman–Crippen MR) is 79.9 cm³/mol. The van der Waals surface area contributed by atoms with Crippen LogP contribution in [-0.2, 0) is 11.3 Å². The predicted octanol–water partition coefficient (Wildman–Crippen LogP) is 0.926. The standard InChI is InChI=1S/C14H25N5O/c1-12-9-18-19(10-12)7-6-16-13(15-3)17-11-14(2)5-4-8-20-14/h9-10H,4-8,11H2,1-3H3,(H2,15,16,17). The molecule has 1 fully saturated rings. The number of guanidine groups is 1. The summed E-state index contributed by atoms with van der Waals surface area (Å²) in [6.07, 6.45) is 6.14. The van der Waals surface area contributed by atoms with Crippen molar-refractivity contribution in [3.05, 3.63) is 18.0 Å². The molecular weight excluding hydrogens is 254 g/mol. The van der Waals surface area contributed by atoms with Gasteiger partial charge in [0, 0.05) is 32.9 Å². The molecule has 1 aliphatic heterocycles. The zero-order valence-corrected chi connectivity index (χ0v) is 12.6. The normalized spacial score (nSPS) is 23.1. The molecule has 0 amide bonds. The summed E-state index contributed by atoms with van der Waals surface area (Å²) < 4.78 is 7.68. The molecule has 0 aliphatic carbocycles. The summed E-state index contributed by atoms with van der Waals surface area (Å²) in [6.45, 7) is 7.45. The summed E-state index contributed by atoms with van der Waals surface area (Å²) in [4.78, 5) is 4.23. The summed E-state index contributed by atoms with van der Waals surface area (Å²) in [7, 11) is 1.78. The van der Waals surface area contributed by atoms with Crippen molar-refractivity contribution < 1.29 is 4.74 Å². The average molecular weight is 279 g/mol. The molecule has 1 unspecified atom stereocenters. The smallest absolute Gasteiger partial charge is 0.191 e. The zero-order chi connectivity index (χ0) is 14.4. The Morgan fingerprint density at radius 2 is 2.40 bits per heavy atom. The van der Waals surface area contributed by atoms with E-state index in [9.17, 15) is 0 Å². The van der Waals surface area contributed by atoms with Crippen LogP contribution in [0, 0.1) is 6.92 Å². The molecule has 0 radical (unpaired) electrons. The number of aryl methyl sites for hydroxylation is 1. The summed E-state index contributed by atoms with van der Waals surface area (Å²) in [5, 5.41) is 10.9. The topological polar surface area (TPSA) is 63.5 Å². The molecule has 0 spiro atoms. The van der Waals surface area contributed by atoms with Crippen LogP contribution in [0.4, 0.5) is 0 Å². The lowest BCUT2D eigenvalue weighted by atomic mass is 10.0. The number of aromatic nitrogens is 2. The third-order valence-corrected chi connectivity index (χ3v) is 3.55. The minimum absolute atomic E-state index is 0.0588. The highest BCUT2D eigenvalue weighted by molar-refractivity contribution is 5.79. The molecule has 1 aromatic heterocycles. The first-order chi connectivity index (χ1) is 9.61. The van der Waals surface area contributed by atoms with Crippen LogP contribution < -0.4 is 10.6 Å². The highest BCUT2D eigenvalue weighted by Gasteiger charge is 2.29. The second-order valence-corrected chi connectivity index (χ2v) is 5.54. The zero-order valence-electron chi connectivity index (χ0n) is 12.6. The van der Waals surface area contributed by atoms with Crippen LogP contribution in [-0.4, -0.2) is 48.1 Å². The molecule has 6 heteroatoms. The van der Waals surface area contributed by atoms with Gasteiger partial charge < -0.3 is 15.4 Å². The second kappa shape index (κ2) is 6.74. The SMILES string of the molecule is CN=C(NCCn1cc(C)cn1)NCC1(C)CCCO1. The van der Waals surface area contributed by atoms with E-state index in [4.69, 9.17) is 4.74 Å². The minimum Gasteiger partial charge on any atom is -0.373 e. The Labute approximate surface area is 120 Å². The van der Waals surface area contributed by atoms with Crippen LogP contribution in [0.3, 0.4) is 0 Å². The van der Waals surface area contributed by atoms with Crippen molar-refractivity contribution >= 4 is 5.96 Å². The molecule has 2 rings (SSSR count). The molecule has 0 bridgehead atoms. The quantitative estimate of drug-likeness (QED) is 0.621. The maximum atomic E-state index is 5.75. The maximum absolute atomic E-state index is 5.75. The fourth-order valence-corrected chi connectivity index (χ4v) is 2.35. The second-order valence-electron chi connectivity index (χ2n) is 5.54. The minimum atomic E-state index is -0.0588. The summed E-state index contributed by atoms with van der Waals surface area (Å²) >= 11 is 0. The van der Waals surface area contributed by atoms with Crippen molar-refractivity contribution in [2.75, 3.05) is 26.7 Å². The van der Waals surface area contributed by atoms with Gasteiger partial charge in [0.15, 0.2) is 5.96 Å². The molecule has 1 aromatic rings. The van der Waals surface area contributed by atoms with Gasteiger partial charge in [0.05, 0.1) is 18.3 Å². The van der Waals surface area contributed by atoms with E-state index >= 15 is 0 Å². The Morgan fingerprint density at radius 3 is 3.00 bits per heavy atom. The highest BCUT2D eigenvalue weighted by Crippen LogP contribution is 2.23. The van der Waals surface area contributed by atoms with E-state index in [0.29, 0.717) is 0 Å². The van der Waals surface area contributed by atoms with E-state index in [2.05, 4.69) is 27.6 Å². The van der Waals surface area contributed by atoms with E-state index in [0.717, 1.165) is 45.0 Å². The first-order valence-electron chi connectivity index (χ1n) is 7.19. The fraction of sp³-hybridized carbons (Fsp3) is 0.714. The summed E-state index contributed by atoms with van der Waals surface area (Å²) in [5.74, 6) is 0.811. The molecule has 0 saturated carbocycles. The van der Waals surface area contributed by atoms with Gasteiger partial charge in [-0.25, -0.2) is 0 Å². The number of nitrogens with zero attached hydrogens (tertiary/aromatic N) is 3. The van der Waals surface area contributed by atoms with Crippen molar-refractivity contribution in [1.82, 2.24) is 20.4 Å². The molecule has 1 aliphatic rings. The summed E-state index contributed by atoms with van der Waals surface area (Å²) in [6, 6.07) is 0. The average Bonchev–Trinajstić information content (AvgIpc) is 3.03. The molecule has 0 aromatic carbocycles. The fourth-order valence-electron chi connectivity index (χ4n) is 2.35. The van der Waals surface area contributed by atoms with Crippen LogP contribution in [0.1, 0.15) is 25.3 Å². The van der Waals surface area contributed by atoms with E-state index in [1.807, 2.05) is 24.0 Å². The molecule has 20 heavy (non-hydrogen) atoms. The van der Waals surface area contributed by atoms with Crippen LogP contribution in [0.5, 0.6) is 0 Å². The Balaban J connectivity index is 1.70. The summed E-state index contributed by atoms with van der Waals surface area (Å²) in [5.41, 5.74) is 1.12.